The Bertz CT molecular complexity index is 669. The van der Waals surface area contributed by atoms with E-state index < -0.39 is 6.09 Å². The van der Waals surface area contributed by atoms with Crippen molar-refractivity contribution in [2.75, 3.05) is 6.54 Å². The van der Waals surface area contributed by atoms with Gasteiger partial charge in [-0.2, -0.15) is 0 Å². The van der Waals surface area contributed by atoms with Crippen molar-refractivity contribution in [2.45, 2.75) is 38.7 Å². The van der Waals surface area contributed by atoms with Gasteiger partial charge in [-0.3, -0.25) is 4.79 Å². The molecule has 1 spiro atoms. The average Bonchev–Trinajstić information content (AvgIpc) is 3.17. The van der Waals surface area contributed by atoms with Crippen molar-refractivity contribution >= 4 is 12.0 Å². The van der Waals surface area contributed by atoms with Crippen molar-refractivity contribution in [3.63, 3.8) is 0 Å². The molecule has 4 nitrogen and oxygen atoms in total. The summed E-state index contributed by atoms with van der Waals surface area (Å²) >= 11 is 0. The Morgan fingerprint density at radius 2 is 2.04 bits per heavy atom. The van der Waals surface area contributed by atoms with Gasteiger partial charge in [-0.15, -0.1) is 0 Å². The number of rotatable bonds is 2. The molecule has 4 rings (SSSR count). The van der Waals surface area contributed by atoms with Gasteiger partial charge in [-0.05, 0) is 43.1 Å². The molecule has 1 aliphatic heterocycles. The van der Waals surface area contributed by atoms with Crippen LogP contribution in [0.15, 0.2) is 42.5 Å². The minimum Gasteiger partial charge on any atom is -0.444 e. The largest absolute Gasteiger partial charge is 0.444 e. The number of nitrogens with zero attached hydrogens (tertiary/aromatic N) is 1. The molecule has 1 heterocycles. The molecule has 3 aliphatic rings. The van der Waals surface area contributed by atoms with Crippen LogP contribution in [0.2, 0.25) is 0 Å². The van der Waals surface area contributed by atoms with Crippen molar-refractivity contribution in [2.24, 2.45) is 17.3 Å². The molecule has 1 aromatic rings. The molecule has 24 heavy (non-hydrogen) atoms. The van der Waals surface area contributed by atoms with E-state index in [1.807, 2.05) is 30.3 Å². The van der Waals surface area contributed by atoms with Crippen LogP contribution < -0.4 is 0 Å². The van der Waals surface area contributed by atoms with Gasteiger partial charge in [-0.25, -0.2) is 9.69 Å². The zero-order valence-corrected chi connectivity index (χ0v) is 13.8. The Labute approximate surface area is 142 Å². The fraction of sp³-hybridized carbons (Fsp3) is 0.500. The third-order valence-corrected chi connectivity index (χ3v) is 5.86. The van der Waals surface area contributed by atoms with E-state index in [0.717, 1.165) is 37.7 Å². The topological polar surface area (TPSA) is 46.6 Å². The highest BCUT2D eigenvalue weighted by Crippen LogP contribution is 2.56. The summed E-state index contributed by atoms with van der Waals surface area (Å²) in [5.74, 6) is 0.812. The molecule has 2 amide bonds. The Morgan fingerprint density at radius 3 is 2.75 bits per heavy atom. The lowest BCUT2D eigenvalue weighted by atomic mass is 9.72. The van der Waals surface area contributed by atoms with Gasteiger partial charge in [-0.1, -0.05) is 48.9 Å². The number of benzene rings is 1. The summed E-state index contributed by atoms with van der Waals surface area (Å²) in [4.78, 5) is 27.1. The Morgan fingerprint density at radius 1 is 1.21 bits per heavy atom. The zero-order chi connectivity index (χ0) is 16.6. The third-order valence-electron chi connectivity index (χ3n) is 5.86. The molecule has 2 bridgehead atoms. The molecule has 2 aliphatic carbocycles. The molecule has 1 saturated heterocycles. The van der Waals surface area contributed by atoms with Crippen LogP contribution in [0.4, 0.5) is 4.79 Å². The first-order valence-corrected chi connectivity index (χ1v) is 8.90. The highest BCUT2D eigenvalue weighted by atomic mass is 16.6. The van der Waals surface area contributed by atoms with Gasteiger partial charge < -0.3 is 4.74 Å². The number of hydrogen-bond donors (Lipinski definition) is 0. The number of hydrogen-bond acceptors (Lipinski definition) is 3. The third kappa shape index (κ3) is 2.54. The van der Waals surface area contributed by atoms with Crippen LogP contribution in [0.1, 0.15) is 37.7 Å². The minimum absolute atomic E-state index is 0.00471. The molecule has 0 radical (unpaired) electrons. The second-order valence-corrected chi connectivity index (χ2v) is 7.30. The predicted octanol–water partition coefficient (Wildman–Crippen LogP) is 3.92. The second-order valence-electron chi connectivity index (χ2n) is 7.30. The maximum Gasteiger partial charge on any atom is 0.416 e. The number of likely N-dealkylation sites (tertiary alicyclic amines) is 1. The fourth-order valence-electron chi connectivity index (χ4n) is 4.65. The second kappa shape index (κ2) is 6.08. The standard InChI is InChI=1S/C20H23NO3/c22-18-20(13-16-8-9-17(20)12-16)10-4-5-11-21(18)19(23)24-14-15-6-2-1-3-7-15/h1-3,6-9,16-17H,4-5,10-14H2/t16?,17?,20-/m0/s1. The lowest BCUT2D eigenvalue weighted by Gasteiger charge is -2.35. The molecule has 2 fully saturated rings. The van der Waals surface area contributed by atoms with Gasteiger partial charge in [0.15, 0.2) is 0 Å². The van der Waals surface area contributed by atoms with Gasteiger partial charge in [0.05, 0.1) is 5.41 Å². The Hall–Kier alpha value is -2.10. The van der Waals surface area contributed by atoms with Crippen molar-refractivity contribution in [3.8, 4) is 0 Å². The SMILES string of the molecule is O=C(OCc1ccccc1)N1CCCC[C@@]2(CC3C=CC2C3)C1=O. The van der Waals surface area contributed by atoms with E-state index in [1.54, 1.807) is 0 Å². The summed E-state index contributed by atoms with van der Waals surface area (Å²) in [6.45, 7) is 0.692. The van der Waals surface area contributed by atoms with E-state index in [-0.39, 0.29) is 17.9 Å². The average molecular weight is 325 g/mol. The van der Waals surface area contributed by atoms with Gasteiger partial charge in [0.2, 0.25) is 5.91 Å². The number of imide groups is 1. The molecule has 3 atom stereocenters. The van der Waals surface area contributed by atoms with E-state index in [2.05, 4.69) is 12.2 Å². The number of ether oxygens (including phenoxy) is 1. The first-order chi connectivity index (χ1) is 11.7. The highest BCUT2D eigenvalue weighted by Gasteiger charge is 2.55. The molecule has 126 valence electrons. The maximum atomic E-state index is 13.2. The molecule has 0 N–H and O–H groups in total. The summed E-state index contributed by atoms with van der Waals surface area (Å²) < 4.78 is 5.42. The highest BCUT2D eigenvalue weighted by molar-refractivity contribution is 5.96. The summed E-state index contributed by atoms with van der Waals surface area (Å²) in [6.07, 6.45) is 8.70. The number of carbonyl (C=O) groups is 2. The Kier molecular flexibility index (Phi) is 3.91. The molecule has 2 unspecified atom stereocenters. The van der Waals surface area contributed by atoms with Crippen LogP contribution in [0.5, 0.6) is 0 Å². The zero-order valence-electron chi connectivity index (χ0n) is 13.8. The first kappa shape index (κ1) is 15.4. The van der Waals surface area contributed by atoms with Crippen LogP contribution >= 0.6 is 0 Å². The van der Waals surface area contributed by atoms with Crippen LogP contribution in [-0.2, 0) is 16.1 Å². The van der Waals surface area contributed by atoms with Crippen LogP contribution in [0.3, 0.4) is 0 Å². The molecule has 1 saturated carbocycles. The molecular weight excluding hydrogens is 302 g/mol. The lowest BCUT2D eigenvalue weighted by Crippen LogP contribution is -2.47. The number of carbonyl (C=O) groups excluding carboxylic acids is 2. The summed E-state index contributed by atoms with van der Waals surface area (Å²) in [6, 6.07) is 9.59. The lowest BCUT2D eigenvalue weighted by molar-refractivity contribution is -0.141. The smallest absolute Gasteiger partial charge is 0.416 e. The minimum atomic E-state index is -0.489. The monoisotopic (exact) mass is 325 g/mol. The van der Waals surface area contributed by atoms with Crippen LogP contribution in [-0.4, -0.2) is 23.4 Å². The van der Waals surface area contributed by atoms with Crippen molar-refractivity contribution in [1.29, 1.82) is 0 Å². The van der Waals surface area contributed by atoms with E-state index in [9.17, 15) is 9.59 Å². The van der Waals surface area contributed by atoms with Crippen LogP contribution in [0.25, 0.3) is 0 Å². The molecule has 1 aromatic carbocycles. The Balaban J connectivity index is 1.48. The van der Waals surface area contributed by atoms with Gasteiger partial charge in [0, 0.05) is 6.54 Å². The van der Waals surface area contributed by atoms with Crippen molar-refractivity contribution in [3.05, 3.63) is 48.0 Å². The van der Waals surface area contributed by atoms with Gasteiger partial charge in [0.1, 0.15) is 6.61 Å². The number of allylic oxidation sites excluding steroid dienone is 2. The molecule has 4 heteroatoms. The summed E-state index contributed by atoms with van der Waals surface area (Å²) in [5.41, 5.74) is 0.576. The normalized spacial score (nSPS) is 31.5. The van der Waals surface area contributed by atoms with E-state index in [4.69, 9.17) is 4.74 Å². The van der Waals surface area contributed by atoms with Gasteiger partial charge >= 0.3 is 6.09 Å². The molecular formula is C20H23NO3. The van der Waals surface area contributed by atoms with E-state index in [1.165, 1.54) is 4.90 Å². The quantitative estimate of drug-likeness (QED) is 0.774. The maximum absolute atomic E-state index is 13.2. The van der Waals surface area contributed by atoms with Crippen molar-refractivity contribution in [1.82, 2.24) is 4.90 Å². The number of amides is 2. The number of fused-ring (bicyclic) bond motifs is 3. The molecule has 0 aromatic heterocycles. The van der Waals surface area contributed by atoms with Crippen molar-refractivity contribution < 1.29 is 14.3 Å². The summed E-state index contributed by atoms with van der Waals surface area (Å²) in [5, 5.41) is 0. The first-order valence-electron chi connectivity index (χ1n) is 8.90. The summed E-state index contributed by atoms with van der Waals surface area (Å²) in [7, 11) is 0. The van der Waals surface area contributed by atoms with E-state index in [0.29, 0.717) is 18.4 Å². The fourth-order valence-corrected chi connectivity index (χ4v) is 4.65. The predicted molar refractivity (Wildman–Crippen MR) is 90.0 cm³/mol. The van der Waals surface area contributed by atoms with Gasteiger partial charge in [0.25, 0.3) is 0 Å². The van der Waals surface area contributed by atoms with E-state index >= 15 is 0 Å². The van der Waals surface area contributed by atoms with Crippen LogP contribution in [0, 0.1) is 17.3 Å².